The second-order valence-corrected chi connectivity index (χ2v) is 5.89. The average Bonchev–Trinajstić information content (AvgIpc) is 2.45. The van der Waals surface area contributed by atoms with Crippen molar-refractivity contribution in [3.8, 4) is 0 Å². The van der Waals surface area contributed by atoms with E-state index in [1.807, 2.05) is 24.3 Å². The first-order valence-electron chi connectivity index (χ1n) is 6.68. The average molecular weight is 402 g/mol. The van der Waals surface area contributed by atoms with Gasteiger partial charge in [-0.2, -0.15) is 0 Å². The summed E-state index contributed by atoms with van der Waals surface area (Å²) in [7, 11) is 0. The highest BCUT2D eigenvalue weighted by Crippen LogP contribution is 2.22. The van der Waals surface area contributed by atoms with Crippen molar-refractivity contribution in [2.24, 2.45) is 0 Å². The largest absolute Gasteiger partial charge is 0.369 e. The van der Waals surface area contributed by atoms with Crippen molar-refractivity contribution >= 4 is 40.0 Å². The molecule has 0 saturated heterocycles. The van der Waals surface area contributed by atoms with Crippen LogP contribution in [-0.4, -0.2) is 16.5 Å². The molecule has 0 aliphatic rings. The highest BCUT2D eigenvalue weighted by molar-refractivity contribution is 14.1. The molecule has 0 unspecified atom stereocenters. The SMILES string of the molecule is CCNc1nc(Cc2ccccc2Cl)nc(CC)c1I. The molecular formula is C15H17ClIN3. The quantitative estimate of drug-likeness (QED) is 0.758. The van der Waals surface area contributed by atoms with E-state index >= 15 is 0 Å². The van der Waals surface area contributed by atoms with E-state index in [-0.39, 0.29) is 0 Å². The molecule has 0 saturated carbocycles. The first kappa shape index (κ1) is 15.5. The Labute approximate surface area is 138 Å². The zero-order valence-corrected chi connectivity index (χ0v) is 14.5. The van der Waals surface area contributed by atoms with E-state index in [0.717, 1.165) is 44.5 Å². The molecule has 2 aromatic rings. The van der Waals surface area contributed by atoms with Crippen molar-refractivity contribution in [1.29, 1.82) is 0 Å². The van der Waals surface area contributed by atoms with Crippen molar-refractivity contribution in [2.75, 3.05) is 11.9 Å². The Balaban J connectivity index is 2.37. The van der Waals surface area contributed by atoms with Gasteiger partial charge in [0.05, 0.1) is 9.26 Å². The molecule has 0 spiro atoms. The highest BCUT2D eigenvalue weighted by atomic mass is 127. The summed E-state index contributed by atoms with van der Waals surface area (Å²) < 4.78 is 1.11. The molecular weight excluding hydrogens is 385 g/mol. The third kappa shape index (κ3) is 3.61. The molecule has 106 valence electrons. The minimum atomic E-state index is 0.655. The number of anilines is 1. The molecule has 0 fully saturated rings. The van der Waals surface area contributed by atoms with Gasteiger partial charge in [0.2, 0.25) is 0 Å². The summed E-state index contributed by atoms with van der Waals surface area (Å²) in [5.41, 5.74) is 2.14. The van der Waals surface area contributed by atoms with Crippen LogP contribution in [0.2, 0.25) is 5.02 Å². The van der Waals surface area contributed by atoms with Crippen LogP contribution in [0.15, 0.2) is 24.3 Å². The van der Waals surface area contributed by atoms with Crippen LogP contribution in [0.4, 0.5) is 5.82 Å². The first-order valence-corrected chi connectivity index (χ1v) is 8.13. The summed E-state index contributed by atoms with van der Waals surface area (Å²) >= 11 is 8.51. The van der Waals surface area contributed by atoms with Crippen LogP contribution in [-0.2, 0) is 12.8 Å². The van der Waals surface area contributed by atoms with Crippen molar-refractivity contribution in [2.45, 2.75) is 26.7 Å². The van der Waals surface area contributed by atoms with Gasteiger partial charge < -0.3 is 5.32 Å². The standard InChI is InChI=1S/C15H17ClIN3/c1-3-12-14(17)15(18-4-2)20-13(19-12)9-10-7-5-6-8-11(10)16/h5-8H,3-4,9H2,1-2H3,(H,18,19,20). The molecule has 0 aliphatic heterocycles. The second-order valence-electron chi connectivity index (χ2n) is 4.40. The lowest BCUT2D eigenvalue weighted by atomic mass is 10.1. The summed E-state index contributed by atoms with van der Waals surface area (Å²) in [6.45, 7) is 5.03. The molecule has 1 aromatic carbocycles. The fraction of sp³-hybridized carbons (Fsp3) is 0.333. The van der Waals surface area contributed by atoms with Crippen LogP contribution in [0.3, 0.4) is 0 Å². The van der Waals surface area contributed by atoms with Crippen LogP contribution >= 0.6 is 34.2 Å². The van der Waals surface area contributed by atoms with Gasteiger partial charge in [0.15, 0.2) is 0 Å². The van der Waals surface area contributed by atoms with E-state index in [9.17, 15) is 0 Å². The van der Waals surface area contributed by atoms with Crippen molar-refractivity contribution in [1.82, 2.24) is 9.97 Å². The molecule has 1 N–H and O–H groups in total. The Morgan fingerprint density at radius 3 is 2.60 bits per heavy atom. The van der Waals surface area contributed by atoms with Gasteiger partial charge in [-0.1, -0.05) is 36.7 Å². The van der Waals surface area contributed by atoms with Gasteiger partial charge in [-0.05, 0) is 47.6 Å². The third-order valence-electron chi connectivity index (χ3n) is 2.95. The fourth-order valence-corrected chi connectivity index (χ4v) is 2.97. The summed E-state index contributed by atoms with van der Waals surface area (Å²) in [6.07, 6.45) is 1.55. The van der Waals surface area contributed by atoms with Gasteiger partial charge in [0.25, 0.3) is 0 Å². The number of benzene rings is 1. The van der Waals surface area contributed by atoms with E-state index in [2.05, 4.69) is 51.7 Å². The zero-order valence-electron chi connectivity index (χ0n) is 11.6. The summed E-state index contributed by atoms with van der Waals surface area (Å²) in [6, 6.07) is 7.83. The van der Waals surface area contributed by atoms with Crippen LogP contribution < -0.4 is 5.32 Å². The topological polar surface area (TPSA) is 37.8 Å². The van der Waals surface area contributed by atoms with E-state index in [4.69, 9.17) is 11.6 Å². The Morgan fingerprint density at radius 1 is 1.20 bits per heavy atom. The summed E-state index contributed by atoms with van der Waals surface area (Å²) in [4.78, 5) is 9.27. The van der Waals surface area contributed by atoms with Gasteiger partial charge in [-0.25, -0.2) is 9.97 Å². The van der Waals surface area contributed by atoms with Gasteiger partial charge >= 0.3 is 0 Å². The number of halogens is 2. The Hall–Kier alpha value is -0.880. The van der Waals surface area contributed by atoms with Gasteiger partial charge in [-0.15, -0.1) is 0 Å². The van der Waals surface area contributed by atoms with E-state index in [1.54, 1.807) is 0 Å². The molecule has 0 radical (unpaired) electrons. The number of nitrogens with one attached hydrogen (secondary N) is 1. The normalized spacial score (nSPS) is 10.6. The molecule has 20 heavy (non-hydrogen) atoms. The molecule has 1 heterocycles. The minimum Gasteiger partial charge on any atom is -0.369 e. The maximum absolute atomic E-state index is 6.21. The lowest BCUT2D eigenvalue weighted by molar-refractivity contribution is 0.893. The summed E-state index contributed by atoms with van der Waals surface area (Å²) in [5, 5.41) is 4.06. The Morgan fingerprint density at radius 2 is 1.95 bits per heavy atom. The number of aryl methyl sites for hydroxylation is 1. The lowest BCUT2D eigenvalue weighted by Gasteiger charge is -2.11. The zero-order chi connectivity index (χ0) is 14.5. The number of nitrogens with zero attached hydrogens (tertiary/aromatic N) is 2. The summed E-state index contributed by atoms with van der Waals surface area (Å²) in [5.74, 6) is 1.73. The molecule has 0 bridgehead atoms. The first-order chi connectivity index (χ1) is 9.65. The molecule has 0 aliphatic carbocycles. The number of rotatable bonds is 5. The van der Waals surface area contributed by atoms with Gasteiger partial charge in [0, 0.05) is 18.0 Å². The smallest absolute Gasteiger partial charge is 0.143 e. The molecule has 1 aromatic heterocycles. The number of hydrogen-bond donors (Lipinski definition) is 1. The van der Waals surface area contributed by atoms with Gasteiger partial charge in [0.1, 0.15) is 11.6 Å². The predicted molar refractivity (Wildman–Crippen MR) is 92.5 cm³/mol. The van der Waals surface area contributed by atoms with Gasteiger partial charge in [-0.3, -0.25) is 0 Å². The number of aromatic nitrogens is 2. The molecule has 3 nitrogen and oxygen atoms in total. The molecule has 2 rings (SSSR count). The lowest BCUT2D eigenvalue weighted by Crippen LogP contribution is -2.10. The molecule has 0 amide bonds. The van der Waals surface area contributed by atoms with Crippen LogP contribution in [0.5, 0.6) is 0 Å². The van der Waals surface area contributed by atoms with Crippen molar-refractivity contribution in [3.05, 3.63) is 49.9 Å². The second kappa shape index (κ2) is 7.22. The van der Waals surface area contributed by atoms with Crippen molar-refractivity contribution in [3.63, 3.8) is 0 Å². The van der Waals surface area contributed by atoms with E-state index < -0.39 is 0 Å². The van der Waals surface area contributed by atoms with Crippen LogP contribution in [0.1, 0.15) is 30.9 Å². The highest BCUT2D eigenvalue weighted by Gasteiger charge is 2.11. The fourth-order valence-electron chi connectivity index (χ4n) is 1.95. The maximum Gasteiger partial charge on any atom is 0.143 e. The van der Waals surface area contributed by atoms with Crippen LogP contribution in [0, 0.1) is 3.57 Å². The van der Waals surface area contributed by atoms with E-state index in [0.29, 0.717) is 6.42 Å². The maximum atomic E-state index is 6.21. The predicted octanol–water partition coefficient (Wildman–Crippen LogP) is 4.32. The van der Waals surface area contributed by atoms with Crippen molar-refractivity contribution < 1.29 is 0 Å². The van der Waals surface area contributed by atoms with Crippen LogP contribution in [0.25, 0.3) is 0 Å². The van der Waals surface area contributed by atoms with E-state index in [1.165, 1.54) is 0 Å². The Kier molecular flexibility index (Phi) is 5.60. The molecule has 0 atom stereocenters. The third-order valence-corrected chi connectivity index (χ3v) is 4.45. The number of hydrogen-bond acceptors (Lipinski definition) is 3. The minimum absolute atomic E-state index is 0.655. The molecule has 5 heteroatoms. The monoisotopic (exact) mass is 401 g/mol. The Bertz CT molecular complexity index is 602.